The molecule has 1 aromatic rings. The van der Waals surface area contributed by atoms with Gasteiger partial charge in [0.05, 0.1) is 17.6 Å². The van der Waals surface area contributed by atoms with Crippen molar-refractivity contribution in [3.8, 4) is 0 Å². The number of aromatic nitrogens is 2. The van der Waals surface area contributed by atoms with E-state index in [0.717, 1.165) is 17.9 Å². The Morgan fingerprint density at radius 1 is 1.26 bits per heavy atom. The number of hydrogen-bond acceptors (Lipinski definition) is 5. The van der Waals surface area contributed by atoms with Gasteiger partial charge in [-0.1, -0.05) is 6.92 Å². The smallest absolute Gasteiger partial charge is 0.211 e. The number of rotatable bonds is 3. The lowest BCUT2D eigenvalue weighted by Gasteiger charge is -2.34. The van der Waals surface area contributed by atoms with Crippen molar-refractivity contribution in [1.82, 2.24) is 14.1 Å². The number of nitrogens with zero attached hydrogens (tertiary/aromatic N) is 4. The molecule has 2 N–H and O–H groups in total. The zero-order chi connectivity index (χ0) is 14.2. The fraction of sp³-hybridized carbons (Fsp3) is 0.727. The summed E-state index contributed by atoms with van der Waals surface area (Å²) < 4.78 is 26.2. The van der Waals surface area contributed by atoms with Crippen LogP contribution in [0.4, 0.5) is 11.5 Å². The van der Waals surface area contributed by atoms with Crippen LogP contribution < -0.4 is 10.6 Å². The molecule has 0 aromatic carbocycles. The first-order valence-corrected chi connectivity index (χ1v) is 8.20. The molecule has 0 saturated carbocycles. The minimum absolute atomic E-state index is 0.491. The Balaban J connectivity index is 2.16. The van der Waals surface area contributed by atoms with Gasteiger partial charge in [0.25, 0.3) is 0 Å². The van der Waals surface area contributed by atoms with E-state index >= 15 is 0 Å². The minimum Gasteiger partial charge on any atom is -0.394 e. The fourth-order valence-electron chi connectivity index (χ4n) is 2.45. The number of hydrogen-bond donors (Lipinski definition) is 1. The Morgan fingerprint density at radius 3 is 2.26 bits per heavy atom. The van der Waals surface area contributed by atoms with Crippen LogP contribution >= 0.6 is 0 Å². The topological polar surface area (TPSA) is 84.5 Å². The van der Waals surface area contributed by atoms with E-state index in [1.54, 1.807) is 4.68 Å². The maximum absolute atomic E-state index is 11.5. The summed E-state index contributed by atoms with van der Waals surface area (Å²) in [7, 11) is -1.23. The maximum Gasteiger partial charge on any atom is 0.211 e. The third-order valence-electron chi connectivity index (χ3n) is 3.47. The third-order valence-corrected chi connectivity index (χ3v) is 4.77. The van der Waals surface area contributed by atoms with Crippen LogP contribution in [0.5, 0.6) is 0 Å². The number of anilines is 2. The van der Waals surface area contributed by atoms with E-state index in [9.17, 15) is 8.42 Å². The van der Waals surface area contributed by atoms with Gasteiger partial charge in [0.2, 0.25) is 10.0 Å². The average Bonchev–Trinajstić information content (AvgIpc) is 2.63. The quantitative estimate of drug-likeness (QED) is 0.821. The largest absolute Gasteiger partial charge is 0.394 e. The molecule has 108 valence electrons. The molecule has 1 aliphatic rings. The molecular weight excluding hydrogens is 266 g/mol. The van der Waals surface area contributed by atoms with Gasteiger partial charge >= 0.3 is 0 Å². The number of nitrogen functional groups attached to an aromatic ring is 1. The van der Waals surface area contributed by atoms with Gasteiger partial charge in [-0.25, -0.2) is 8.42 Å². The Kier molecular flexibility index (Phi) is 3.73. The van der Waals surface area contributed by atoms with E-state index in [-0.39, 0.29) is 0 Å². The predicted molar refractivity (Wildman–Crippen MR) is 75.6 cm³/mol. The molecule has 8 heteroatoms. The highest BCUT2D eigenvalue weighted by Crippen LogP contribution is 2.27. The molecule has 2 rings (SSSR count). The van der Waals surface area contributed by atoms with E-state index < -0.39 is 10.0 Å². The lowest BCUT2D eigenvalue weighted by atomic mass is 10.2. The molecule has 1 fully saturated rings. The molecule has 0 unspecified atom stereocenters. The molecule has 7 nitrogen and oxygen atoms in total. The summed E-state index contributed by atoms with van der Waals surface area (Å²) in [5.41, 5.74) is 7.71. The van der Waals surface area contributed by atoms with E-state index in [1.165, 1.54) is 10.6 Å². The summed E-state index contributed by atoms with van der Waals surface area (Å²) >= 11 is 0. The normalized spacial score (nSPS) is 17.9. The summed E-state index contributed by atoms with van der Waals surface area (Å²) in [4.78, 5) is 2.10. The fourth-order valence-corrected chi connectivity index (χ4v) is 3.28. The maximum atomic E-state index is 11.5. The van der Waals surface area contributed by atoms with Crippen molar-refractivity contribution < 1.29 is 8.42 Å². The monoisotopic (exact) mass is 287 g/mol. The standard InChI is InChI=1S/C11H21N5O2S/c1-4-9-10(12)11(14(2)13-9)15-5-7-16(8-6-15)19(3,17)18/h4-8,12H2,1-3H3. The van der Waals surface area contributed by atoms with E-state index in [4.69, 9.17) is 5.73 Å². The molecule has 0 bridgehead atoms. The molecule has 1 saturated heterocycles. The van der Waals surface area contributed by atoms with Crippen molar-refractivity contribution in [3.05, 3.63) is 5.69 Å². The lowest BCUT2D eigenvalue weighted by molar-refractivity contribution is 0.385. The summed E-state index contributed by atoms with van der Waals surface area (Å²) in [6.45, 7) is 4.28. The van der Waals surface area contributed by atoms with Crippen LogP contribution in [0.1, 0.15) is 12.6 Å². The Morgan fingerprint density at radius 2 is 1.84 bits per heavy atom. The molecule has 0 spiro atoms. The number of nitrogens with two attached hydrogens (primary N) is 1. The molecule has 0 atom stereocenters. The predicted octanol–water partition coefficient (Wildman–Crippen LogP) is -0.354. The van der Waals surface area contributed by atoms with Crippen LogP contribution in [-0.2, 0) is 23.5 Å². The van der Waals surface area contributed by atoms with Gasteiger partial charge in [0, 0.05) is 33.2 Å². The van der Waals surface area contributed by atoms with Crippen LogP contribution in [0.15, 0.2) is 0 Å². The first kappa shape index (κ1) is 14.1. The first-order chi connectivity index (χ1) is 8.84. The van der Waals surface area contributed by atoms with Gasteiger partial charge in [-0.3, -0.25) is 4.68 Å². The van der Waals surface area contributed by atoms with Gasteiger partial charge in [-0.05, 0) is 6.42 Å². The number of aryl methyl sites for hydroxylation is 2. The van der Waals surface area contributed by atoms with Crippen molar-refractivity contribution in [3.63, 3.8) is 0 Å². The van der Waals surface area contributed by atoms with Gasteiger partial charge in [-0.2, -0.15) is 9.40 Å². The van der Waals surface area contributed by atoms with Crippen LogP contribution in [0.25, 0.3) is 0 Å². The molecular formula is C11H21N5O2S. The molecule has 1 aromatic heterocycles. The molecule has 19 heavy (non-hydrogen) atoms. The molecule has 0 radical (unpaired) electrons. The second-order valence-corrected chi connectivity index (χ2v) is 6.79. The molecule has 1 aliphatic heterocycles. The summed E-state index contributed by atoms with van der Waals surface area (Å²) in [5, 5.41) is 4.39. The lowest BCUT2D eigenvalue weighted by Crippen LogP contribution is -2.49. The summed E-state index contributed by atoms with van der Waals surface area (Å²) in [6.07, 6.45) is 2.04. The van der Waals surface area contributed by atoms with Crippen LogP contribution in [0.3, 0.4) is 0 Å². The van der Waals surface area contributed by atoms with Crippen LogP contribution in [-0.4, -0.2) is 54.9 Å². The Labute approximate surface area is 114 Å². The van der Waals surface area contributed by atoms with Gasteiger partial charge in [-0.15, -0.1) is 0 Å². The molecule has 0 amide bonds. The summed E-state index contributed by atoms with van der Waals surface area (Å²) in [5.74, 6) is 0.894. The van der Waals surface area contributed by atoms with Crippen molar-refractivity contribution in [1.29, 1.82) is 0 Å². The minimum atomic E-state index is -3.10. The van der Waals surface area contributed by atoms with E-state index in [0.29, 0.717) is 31.9 Å². The van der Waals surface area contributed by atoms with Gasteiger partial charge in [0.1, 0.15) is 0 Å². The SMILES string of the molecule is CCc1nn(C)c(N2CCN(S(C)(=O)=O)CC2)c1N. The van der Waals surface area contributed by atoms with Crippen molar-refractivity contribution >= 4 is 21.5 Å². The molecule has 0 aliphatic carbocycles. The second-order valence-electron chi connectivity index (χ2n) is 4.81. The van der Waals surface area contributed by atoms with Gasteiger partial charge in [0.15, 0.2) is 5.82 Å². The van der Waals surface area contributed by atoms with Crippen LogP contribution in [0, 0.1) is 0 Å². The molecule has 2 heterocycles. The highest BCUT2D eigenvalue weighted by atomic mass is 32.2. The zero-order valence-corrected chi connectivity index (χ0v) is 12.4. The highest BCUT2D eigenvalue weighted by Gasteiger charge is 2.26. The number of piperazine rings is 1. The highest BCUT2D eigenvalue weighted by molar-refractivity contribution is 7.88. The zero-order valence-electron chi connectivity index (χ0n) is 11.6. The Hall–Kier alpha value is -1.28. The second kappa shape index (κ2) is 5.01. The first-order valence-electron chi connectivity index (χ1n) is 6.36. The van der Waals surface area contributed by atoms with Crippen molar-refractivity contribution in [2.45, 2.75) is 13.3 Å². The van der Waals surface area contributed by atoms with E-state index in [1.807, 2.05) is 14.0 Å². The van der Waals surface area contributed by atoms with Crippen molar-refractivity contribution in [2.24, 2.45) is 7.05 Å². The Bertz CT molecular complexity index is 558. The number of sulfonamides is 1. The average molecular weight is 287 g/mol. The van der Waals surface area contributed by atoms with E-state index in [2.05, 4.69) is 10.00 Å². The van der Waals surface area contributed by atoms with Crippen LogP contribution in [0.2, 0.25) is 0 Å². The third kappa shape index (κ3) is 2.69. The summed E-state index contributed by atoms with van der Waals surface area (Å²) in [6, 6.07) is 0. The van der Waals surface area contributed by atoms with Crippen molar-refractivity contribution in [2.75, 3.05) is 43.1 Å². The van der Waals surface area contributed by atoms with Gasteiger partial charge < -0.3 is 10.6 Å².